The van der Waals surface area contributed by atoms with Crippen LogP contribution in [0, 0.1) is 10.1 Å². The van der Waals surface area contributed by atoms with Crippen LogP contribution in [0.25, 0.3) is 0 Å². The Balaban J connectivity index is 1.82. The van der Waals surface area contributed by atoms with Gasteiger partial charge in [-0.3, -0.25) is 14.9 Å². The molecule has 0 spiro atoms. The predicted octanol–water partition coefficient (Wildman–Crippen LogP) is 1.90. The monoisotopic (exact) mass is 370 g/mol. The summed E-state index contributed by atoms with van der Waals surface area (Å²) in [6.07, 6.45) is 1.36. The molecule has 2 aromatic carbocycles. The lowest BCUT2D eigenvalue weighted by atomic mass is 10.1. The highest BCUT2D eigenvalue weighted by Crippen LogP contribution is 2.25. The van der Waals surface area contributed by atoms with Gasteiger partial charge in [0.25, 0.3) is 11.6 Å². The number of carbonyl (C=O) groups excluding carboxylic acids is 1. The summed E-state index contributed by atoms with van der Waals surface area (Å²) in [4.78, 5) is 24.7. The van der Waals surface area contributed by atoms with Gasteiger partial charge in [-0.2, -0.15) is 5.10 Å². The Kier molecular flexibility index (Phi) is 5.62. The molecule has 9 heteroatoms. The highest BCUT2D eigenvalue weighted by atomic mass is 16.6. The number of nitro benzene ring substituents is 1. The zero-order valence-electron chi connectivity index (χ0n) is 14.4. The number of rotatable bonds is 5. The Morgan fingerprint density at radius 2 is 2.00 bits per heavy atom. The quantitative estimate of drug-likeness (QED) is 0.472. The third kappa shape index (κ3) is 4.39. The van der Waals surface area contributed by atoms with Gasteiger partial charge in [-0.15, -0.1) is 0 Å². The molecule has 27 heavy (non-hydrogen) atoms. The molecule has 1 heterocycles. The molecular weight excluding hydrogens is 352 g/mol. The number of para-hydroxylation sites is 1. The first-order valence-electron chi connectivity index (χ1n) is 8.29. The number of ether oxygens (including phenoxy) is 1. The van der Waals surface area contributed by atoms with Crippen LogP contribution in [0.15, 0.2) is 47.6 Å². The Morgan fingerprint density at radius 1 is 1.26 bits per heavy atom. The fourth-order valence-electron chi connectivity index (χ4n) is 2.74. The fraction of sp³-hybridized carbons (Fsp3) is 0.222. The lowest BCUT2D eigenvalue weighted by Crippen LogP contribution is -2.36. The van der Waals surface area contributed by atoms with Crippen LogP contribution in [0.5, 0.6) is 5.75 Å². The van der Waals surface area contributed by atoms with Crippen LogP contribution >= 0.6 is 0 Å². The molecule has 0 aromatic heterocycles. The Bertz CT molecular complexity index is 878. The Hall–Kier alpha value is -3.46. The van der Waals surface area contributed by atoms with Crippen molar-refractivity contribution in [1.29, 1.82) is 0 Å². The van der Waals surface area contributed by atoms with Crippen LogP contribution < -0.4 is 10.3 Å². The molecule has 0 bridgehead atoms. The minimum Gasteiger partial charge on any atom is -0.507 e. The molecule has 2 N–H and O–H groups in total. The predicted molar refractivity (Wildman–Crippen MR) is 99.3 cm³/mol. The maximum atomic E-state index is 12.1. The average Bonchev–Trinajstić information content (AvgIpc) is 2.68. The molecular formula is C18H18N4O5. The number of hydrogen-bond acceptors (Lipinski definition) is 7. The third-order valence-electron chi connectivity index (χ3n) is 4.09. The molecule has 0 saturated carbocycles. The number of hydrazone groups is 1. The van der Waals surface area contributed by atoms with Crippen molar-refractivity contribution in [2.45, 2.75) is 0 Å². The highest BCUT2D eigenvalue weighted by Gasteiger charge is 2.17. The van der Waals surface area contributed by atoms with Gasteiger partial charge >= 0.3 is 0 Å². The van der Waals surface area contributed by atoms with Gasteiger partial charge in [-0.25, -0.2) is 5.43 Å². The number of nitrogens with one attached hydrogen (secondary N) is 1. The lowest BCUT2D eigenvalue weighted by molar-refractivity contribution is -0.384. The average molecular weight is 370 g/mol. The molecule has 1 aliphatic heterocycles. The number of carbonyl (C=O) groups is 1. The third-order valence-corrected chi connectivity index (χ3v) is 4.09. The van der Waals surface area contributed by atoms with Crippen LogP contribution in [0.2, 0.25) is 0 Å². The van der Waals surface area contributed by atoms with Crippen molar-refractivity contribution in [2.24, 2.45) is 5.10 Å². The van der Waals surface area contributed by atoms with Gasteiger partial charge in [0, 0.05) is 36.5 Å². The van der Waals surface area contributed by atoms with Crippen LogP contribution in [-0.2, 0) is 4.74 Å². The zero-order valence-corrected chi connectivity index (χ0v) is 14.4. The van der Waals surface area contributed by atoms with E-state index in [1.807, 2.05) is 4.90 Å². The second kappa shape index (κ2) is 8.28. The molecule has 1 amide bonds. The van der Waals surface area contributed by atoms with Crippen molar-refractivity contribution in [3.05, 3.63) is 63.7 Å². The Labute approximate surface area is 155 Å². The first kappa shape index (κ1) is 18.3. The molecule has 0 unspecified atom stereocenters. The number of morpholine rings is 1. The molecule has 2 aromatic rings. The molecule has 1 saturated heterocycles. The number of phenols is 1. The molecule has 1 aliphatic rings. The first-order valence-corrected chi connectivity index (χ1v) is 8.29. The molecule has 0 radical (unpaired) electrons. The molecule has 9 nitrogen and oxygen atoms in total. The van der Waals surface area contributed by atoms with E-state index in [0.717, 1.165) is 5.69 Å². The second-order valence-corrected chi connectivity index (χ2v) is 5.82. The maximum absolute atomic E-state index is 12.1. The van der Waals surface area contributed by atoms with E-state index in [1.165, 1.54) is 30.5 Å². The maximum Gasteiger partial charge on any atom is 0.275 e. The van der Waals surface area contributed by atoms with Crippen molar-refractivity contribution in [3.63, 3.8) is 0 Å². The SMILES string of the molecule is O=C(N/N=C/c1cc([N+](=O)[O-])ccc1N1CCOCC1)c1ccccc1O. The van der Waals surface area contributed by atoms with Crippen LogP contribution in [0.1, 0.15) is 15.9 Å². The number of non-ortho nitro benzene ring substituents is 1. The summed E-state index contributed by atoms with van der Waals surface area (Å²) in [5.41, 5.74) is 3.61. The number of nitrogens with zero attached hydrogens (tertiary/aromatic N) is 3. The number of nitro groups is 1. The number of phenolic OH excluding ortho intramolecular Hbond substituents is 1. The second-order valence-electron chi connectivity index (χ2n) is 5.82. The Morgan fingerprint density at radius 3 is 2.70 bits per heavy atom. The minimum absolute atomic E-state index is 0.0690. The summed E-state index contributed by atoms with van der Waals surface area (Å²) in [5.74, 6) is -0.739. The van der Waals surface area contributed by atoms with E-state index in [1.54, 1.807) is 18.2 Å². The van der Waals surface area contributed by atoms with Crippen LogP contribution in [-0.4, -0.2) is 48.5 Å². The first-order chi connectivity index (χ1) is 13.1. The summed E-state index contributed by atoms with van der Waals surface area (Å²) in [6.45, 7) is 2.45. The van der Waals surface area contributed by atoms with Gasteiger partial charge in [0.1, 0.15) is 5.75 Å². The highest BCUT2D eigenvalue weighted by molar-refractivity contribution is 5.97. The van der Waals surface area contributed by atoms with Crippen molar-refractivity contribution in [2.75, 3.05) is 31.2 Å². The van der Waals surface area contributed by atoms with Crippen molar-refractivity contribution in [1.82, 2.24) is 5.43 Å². The van der Waals surface area contributed by atoms with E-state index in [2.05, 4.69) is 10.5 Å². The number of amides is 1. The summed E-state index contributed by atoms with van der Waals surface area (Å²) in [5, 5.41) is 24.7. The smallest absolute Gasteiger partial charge is 0.275 e. The van der Waals surface area contributed by atoms with Crippen molar-refractivity contribution in [3.8, 4) is 5.75 Å². The number of hydrogen-bond donors (Lipinski definition) is 2. The topological polar surface area (TPSA) is 117 Å². The summed E-state index contributed by atoms with van der Waals surface area (Å²) < 4.78 is 5.33. The van der Waals surface area contributed by atoms with E-state index < -0.39 is 10.8 Å². The fourth-order valence-corrected chi connectivity index (χ4v) is 2.74. The summed E-state index contributed by atoms with van der Waals surface area (Å²) in [7, 11) is 0. The number of aromatic hydroxyl groups is 1. The van der Waals surface area contributed by atoms with Crippen molar-refractivity contribution >= 4 is 23.5 Å². The number of benzene rings is 2. The summed E-state index contributed by atoms with van der Waals surface area (Å²) in [6, 6.07) is 10.6. The van der Waals surface area contributed by atoms with E-state index in [4.69, 9.17) is 4.74 Å². The van der Waals surface area contributed by atoms with Gasteiger partial charge in [-0.05, 0) is 18.2 Å². The van der Waals surface area contributed by atoms with E-state index in [9.17, 15) is 20.0 Å². The molecule has 1 fully saturated rings. The molecule has 0 atom stereocenters. The molecule has 3 rings (SSSR count). The van der Waals surface area contributed by atoms with Crippen LogP contribution in [0.4, 0.5) is 11.4 Å². The largest absolute Gasteiger partial charge is 0.507 e. The lowest BCUT2D eigenvalue weighted by Gasteiger charge is -2.29. The van der Waals surface area contributed by atoms with Crippen molar-refractivity contribution < 1.29 is 19.6 Å². The van der Waals surface area contributed by atoms with E-state index in [0.29, 0.717) is 31.9 Å². The number of anilines is 1. The standard InChI is InChI=1S/C18H18N4O5/c23-17-4-2-1-3-15(17)18(24)20-19-12-13-11-14(22(25)26)5-6-16(13)21-7-9-27-10-8-21/h1-6,11-12,23H,7-10H2,(H,20,24)/b19-12+. The minimum atomic E-state index is -0.581. The van der Waals surface area contributed by atoms with E-state index >= 15 is 0 Å². The summed E-state index contributed by atoms with van der Waals surface area (Å²) >= 11 is 0. The molecule has 0 aliphatic carbocycles. The van der Waals surface area contributed by atoms with Gasteiger partial charge in [0.2, 0.25) is 0 Å². The van der Waals surface area contributed by atoms with Gasteiger partial charge in [-0.1, -0.05) is 12.1 Å². The van der Waals surface area contributed by atoms with Crippen LogP contribution in [0.3, 0.4) is 0 Å². The van der Waals surface area contributed by atoms with Gasteiger partial charge in [0.05, 0.1) is 29.9 Å². The normalized spacial score (nSPS) is 14.3. The molecule has 140 valence electrons. The van der Waals surface area contributed by atoms with Gasteiger partial charge < -0.3 is 14.7 Å². The van der Waals surface area contributed by atoms with Gasteiger partial charge in [0.15, 0.2) is 0 Å². The van der Waals surface area contributed by atoms with E-state index in [-0.39, 0.29) is 17.0 Å². The zero-order chi connectivity index (χ0) is 19.2.